The fourth-order valence-corrected chi connectivity index (χ4v) is 2.73. The summed E-state index contributed by atoms with van der Waals surface area (Å²) in [5, 5.41) is 21.2. The quantitative estimate of drug-likeness (QED) is 0.269. The van der Waals surface area contributed by atoms with Crippen LogP contribution in [0.25, 0.3) is 0 Å². The van der Waals surface area contributed by atoms with E-state index in [0.29, 0.717) is 13.2 Å². The highest BCUT2D eigenvalue weighted by Crippen LogP contribution is 2.34. The molecule has 0 bridgehead atoms. The van der Waals surface area contributed by atoms with E-state index in [4.69, 9.17) is 15.7 Å². The summed E-state index contributed by atoms with van der Waals surface area (Å²) in [5.74, 6) is 0.241. The third-order valence-corrected chi connectivity index (χ3v) is 3.75. The lowest BCUT2D eigenvalue weighted by Crippen LogP contribution is -2.51. The molecule has 2 fully saturated rings. The van der Waals surface area contributed by atoms with E-state index < -0.39 is 0 Å². The lowest BCUT2D eigenvalue weighted by Gasteiger charge is -2.45. The van der Waals surface area contributed by atoms with E-state index in [-0.39, 0.29) is 17.5 Å². The maximum atomic E-state index is 9.71. The van der Waals surface area contributed by atoms with Crippen LogP contribution in [0.1, 0.15) is 25.7 Å². The first kappa shape index (κ1) is 12.6. The number of likely N-dealkylation sites (tertiary alicyclic amines) is 1. The van der Waals surface area contributed by atoms with Gasteiger partial charge in [0.25, 0.3) is 0 Å². The summed E-state index contributed by atoms with van der Waals surface area (Å²) in [7, 11) is 0. The molecule has 98 valence electrons. The number of nitrogens with zero attached hydrogens (tertiary/aromatic N) is 2. The standard InChI is InChI=1S/C11H21N3O3/c12-10(13-16)8-14-4-2-11(3-5-14)7-9(15)1-6-17-11/h9,15-16H,1-8H2,(H2,12,13). The van der Waals surface area contributed by atoms with Crippen LogP contribution in [0.15, 0.2) is 5.16 Å². The average molecular weight is 243 g/mol. The van der Waals surface area contributed by atoms with Crippen molar-refractivity contribution in [3.05, 3.63) is 0 Å². The maximum Gasteiger partial charge on any atom is 0.153 e. The van der Waals surface area contributed by atoms with E-state index in [9.17, 15) is 5.11 Å². The predicted octanol–water partition coefficient (Wildman–Crippen LogP) is -0.261. The first-order valence-electron chi connectivity index (χ1n) is 6.14. The number of rotatable bonds is 2. The minimum atomic E-state index is -0.223. The Hall–Kier alpha value is -0.850. The zero-order chi connectivity index (χ0) is 12.3. The SMILES string of the molecule is N/C(CN1CCC2(CC1)CC(O)CCO2)=N\O. The van der Waals surface area contributed by atoms with Crippen LogP contribution in [-0.4, -0.2) is 59.0 Å². The highest BCUT2D eigenvalue weighted by Gasteiger charge is 2.39. The van der Waals surface area contributed by atoms with Gasteiger partial charge in [0.05, 0.1) is 18.2 Å². The van der Waals surface area contributed by atoms with Crippen molar-refractivity contribution in [2.75, 3.05) is 26.2 Å². The molecule has 2 aliphatic heterocycles. The molecule has 4 N–H and O–H groups in total. The second-order valence-electron chi connectivity index (χ2n) is 5.05. The molecule has 2 aliphatic rings. The highest BCUT2D eigenvalue weighted by atomic mass is 16.5. The Morgan fingerprint density at radius 2 is 2.18 bits per heavy atom. The number of nitrogens with two attached hydrogens (primary N) is 1. The van der Waals surface area contributed by atoms with E-state index >= 15 is 0 Å². The Morgan fingerprint density at radius 1 is 1.47 bits per heavy atom. The van der Waals surface area contributed by atoms with Gasteiger partial charge in [0.1, 0.15) is 0 Å². The van der Waals surface area contributed by atoms with Crippen LogP contribution in [0.2, 0.25) is 0 Å². The normalized spacial score (nSPS) is 30.6. The van der Waals surface area contributed by atoms with Gasteiger partial charge < -0.3 is 20.8 Å². The first-order valence-corrected chi connectivity index (χ1v) is 6.14. The topological polar surface area (TPSA) is 91.3 Å². The van der Waals surface area contributed by atoms with E-state index in [1.807, 2.05) is 0 Å². The summed E-state index contributed by atoms with van der Waals surface area (Å²) in [6.07, 6.45) is 3.07. The number of hydrogen-bond donors (Lipinski definition) is 3. The Bertz CT molecular complexity index is 288. The average Bonchev–Trinajstić information content (AvgIpc) is 2.32. The molecular formula is C11H21N3O3. The summed E-state index contributed by atoms with van der Waals surface area (Å²) in [5.41, 5.74) is 5.34. The summed E-state index contributed by atoms with van der Waals surface area (Å²) in [6, 6.07) is 0. The van der Waals surface area contributed by atoms with E-state index in [1.165, 1.54) is 0 Å². The molecule has 0 amide bonds. The molecule has 6 nitrogen and oxygen atoms in total. The molecule has 0 aliphatic carbocycles. The Balaban J connectivity index is 1.84. The van der Waals surface area contributed by atoms with Gasteiger partial charge in [-0.05, 0) is 19.3 Å². The molecule has 0 aromatic carbocycles. The van der Waals surface area contributed by atoms with Gasteiger partial charge >= 0.3 is 0 Å². The van der Waals surface area contributed by atoms with Gasteiger partial charge in [-0.3, -0.25) is 4.90 Å². The smallest absolute Gasteiger partial charge is 0.153 e. The molecular weight excluding hydrogens is 222 g/mol. The van der Waals surface area contributed by atoms with E-state index in [2.05, 4.69) is 10.1 Å². The highest BCUT2D eigenvalue weighted by molar-refractivity contribution is 5.81. The number of aliphatic hydroxyl groups excluding tert-OH is 1. The van der Waals surface area contributed by atoms with Crippen molar-refractivity contribution in [1.82, 2.24) is 4.90 Å². The van der Waals surface area contributed by atoms with Gasteiger partial charge in [-0.25, -0.2) is 0 Å². The largest absolute Gasteiger partial charge is 0.409 e. The van der Waals surface area contributed by atoms with Gasteiger partial charge in [0.15, 0.2) is 5.84 Å². The van der Waals surface area contributed by atoms with Crippen LogP contribution in [-0.2, 0) is 4.74 Å². The number of hydrogen-bond acceptors (Lipinski definition) is 5. The van der Waals surface area contributed by atoms with Crippen molar-refractivity contribution in [1.29, 1.82) is 0 Å². The summed E-state index contributed by atoms with van der Waals surface area (Å²) in [4.78, 5) is 2.14. The van der Waals surface area contributed by atoms with Crippen molar-refractivity contribution in [3.63, 3.8) is 0 Å². The van der Waals surface area contributed by atoms with Gasteiger partial charge in [0, 0.05) is 26.1 Å². The third-order valence-electron chi connectivity index (χ3n) is 3.75. The molecule has 2 rings (SSSR count). The van der Waals surface area contributed by atoms with Crippen LogP contribution in [0, 0.1) is 0 Å². The van der Waals surface area contributed by atoms with Crippen LogP contribution in [0.3, 0.4) is 0 Å². The molecule has 17 heavy (non-hydrogen) atoms. The maximum absolute atomic E-state index is 9.71. The van der Waals surface area contributed by atoms with Gasteiger partial charge in [-0.1, -0.05) is 5.16 Å². The molecule has 6 heteroatoms. The van der Waals surface area contributed by atoms with Crippen molar-refractivity contribution in [3.8, 4) is 0 Å². The number of piperidine rings is 1. The summed E-state index contributed by atoms with van der Waals surface area (Å²) in [6.45, 7) is 2.88. The van der Waals surface area contributed by atoms with Crippen molar-refractivity contribution in [2.24, 2.45) is 10.9 Å². The second-order valence-corrected chi connectivity index (χ2v) is 5.05. The monoisotopic (exact) mass is 243 g/mol. The van der Waals surface area contributed by atoms with E-state index in [1.54, 1.807) is 0 Å². The third kappa shape index (κ3) is 3.08. The van der Waals surface area contributed by atoms with Gasteiger partial charge in [0.2, 0.25) is 0 Å². The number of amidine groups is 1. The van der Waals surface area contributed by atoms with Crippen LogP contribution >= 0.6 is 0 Å². The molecule has 2 saturated heterocycles. The van der Waals surface area contributed by atoms with Gasteiger partial charge in [-0.2, -0.15) is 0 Å². The van der Waals surface area contributed by atoms with Gasteiger partial charge in [-0.15, -0.1) is 0 Å². The minimum absolute atomic E-state index is 0.140. The number of oxime groups is 1. The van der Waals surface area contributed by atoms with Crippen molar-refractivity contribution < 1.29 is 15.1 Å². The number of ether oxygens (including phenoxy) is 1. The molecule has 1 spiro atoms. The van der Waals surface area contributed by atoms with Crippen LogP contribution in [0.4, 0.5) is 0 Å². The molecule has 0 radical (unpaired) electrons. The molecule has 1 unspecified atom stereocenters. The fourth-order valence-electron chi connectivity index (χ4n) is 2.73. The molecule has 1 atom stereocenters. The zero-order valence-corrected chi connectivity index (χ0v) is 10.0. The lowest BCUT2D eigenvalue weighted by atomic mass is 9.83. The second kappa shape index (κ2) is 5.20. The minimum Gasteiger partial charge on any atom is -0.409 e. The Morgan fingerprint density at radius 3 is 2.76 bits per heavy atom. The summed E-state index contributed by atoms with van der Waals surface area (Å²) < 4.78 is 5.86. The predicted molar refractivity (Wildman–Crippen MR) is 63.0 cm³/mol. The number of aliphatic hydroxyl groups is 1. The Kier molecular flexibility index (Phi) is 3.86. The lowest BCUT2D eigenvalue weighted by molar-refractivity contribution is -0.141. The van der Waals surface area contributed by atoms with E-state index in [0.717, 1.165) is 38.8 Å². The van der Waals surface area contributed by atoms with Crippen molar-refractivity contribution in [2.45, 2.75) is 37.4 Å². The molecule has 2 heterocycles. The molecule has 0 saturated carbocycles. The van der Waals surface area contributed by atoms with Crippen molar-refractivity contribution >= 4 is 5.84 Å². The molecule has 0 aromatic rings. The fraction of sp³-hybridized carbons (Fsp3) is 0.909. The Labute approximate surface area is 101 Å². The first-order chi connectivity index (χ1) is 8.13. The zero-order valence-electron chi connectivity index (χ0n) is 10.0. The van der Waals surface area contributed by atoms with Crippen LogP contribution in [0.5, 0.6) is 0 Å². The molecule has 0 aromatic heterocycles. The summed E-state index contributed by atoms with van der Waals surface area (Å²) >= 11 is 0. The van der Waals surface area contributed by atoms with Crippen LogP contribution < -0.4 is 5.73 Å².